The van der Waals surface area contributed by atoms with E-state index in [1.54, 1.807) is 33.5 Å². The zero-order chi connectivity index (χ0) is 27.3. The Kier molecular flexibility index (Phi) is 8.46. The van der Waals surface area contributed by atoms with E-state index < -0.39 is 15.6 Å². The average Bonchev–Trinajstić information content (AvgIpc) is 2.91. The number of carbonyl (C=O) groups is 1. The summed E-state index contributed by atoms with van der Waals surface area (Å²) in [4.78, 5) is 14.6. The van der Waals surface area contributed by atoms with Gasteiger partial charge in [-0.1, -0.05) is 61.5 Å². The van der Waals surface area contributed by atoms with Crippen molar-refractivity contribution in [2.24, 2.45) is 5.92 Å². The summed E-state index contributed by atoms with van der Waals surface area (Å²) in [6, 6.07) is 24.6. The number of likely N-dealkylation sites (tertiary alicyclic amines) is 1. The summed E-state index contributed by atoms with van der Waals surface area (Å²) < 4.78 is 35.4. The molecule has 3 aromatic rings. The molecular weight excluding hydrogens is 496 g/mol. The van der Waals surface area contributed by atoms with E-state index in [4.69, 9.17) is 4.74 Å². The molecule has 0 radical (unpaired) electrons. The maximum absolute atomic E-state index is 14.1. The Labute approximate surface area is 227 Å². The van der Waals surface area contributed by atoms with Gasteiger partial charge in [-0.05, 0) is 81.3 Å². The number of amides is 1. The SMILES string of the molecule is CCc1ccc(N(CC2CCN(C(=O)OC(C)(C)C)CC2)S(=O)(=O)c2ccccc2)c(-c2ccccc2)c1. The fourth-order valence-electron chi connectivity index (χ4n) is 4.77. The number of aryl methyl sites for hydroxylation is 1. The van der Waals surface area contributed by atoms with Gasteiger partial charge in [0.25, 0.3) is 10.0 Å². The van der Waals surface area contributed by atoms with E-state index in [9.17, 15) is 13.2 Å². The summed E-state index contributed by atoms with van der Waals surface area (Å²) in [7, 11) is -3.83. The lowest BCUT2D eigenvalue weighted by Gasteiger charge is -2.36. The minimum atomic E-state index is -3.83. The van der Waals surface area contributed by atoms with E-state index in [1.807, 2.05) is 69.3 Å². The normalized spacial score (nSPS) is 14.8. The van der Waals surface area contributed by atoms with Crippen LogP contribution in [0.2, 0.25) is 0 Å². The highest BCUT2D eigenvalue weighted by Gasteiger charge is 2.33. The summed E-state index contributed by atoms with van der Waals surface area (Å²) in [5.41, 5.74) is 3.15. The molecule has 0 aromatic heterocycles. The Morgan fingerprint density at radius 3 is 2.13 bits per heavy atom. The first-order valence-electron chi connectivity index (χ1n) is 13.3. The van der Waals surface area contributed by atoms with Crippen molar-refractivity contribution in [1.82, 2.24) is 4.90 Å². The van der Waals surface area contributed by atoms with Crippen molar-refractivity contribution in [3.8, 4) is 11.1 Å². The molecule has 1 aliphatic heterocycles. The standard InChI is InChI=1S/C31H38N2O4S/c1-5-24-16-17-29(28(22-24)26-12-8-6-9-13-26)33(38(35,36)27-14-10-7-11-15-27)23-25-18-20-32(21-19-25)30(34)37-31(2,3)4/h6-17,22,25H,5,18-21,23H2,1-4H3. The molecular formula is C31H38N2O4S. The fraction of sp³-hybridized carbons (Fsp3) is 0.387. The van der Waals surface area contributed by atoms with Crippen molar-refractivity contribution < 1.29 is 17.9 Å². The highest BCUT2D eigenvalue weighted by molar-refractivity contribution is 7.92. The van der Waals surface area contributed by atoms with Crippen LogP contribution < -0.4 is 4.31 Å². The second-order valence-electron chi connectivity index (χ2n) is 10.8. The van der Waals surface area contributed by atoms with Crippen LogP contribution in [0.25, 0.3) is 11.1 Å². The molecule has 1 saturated heterocycles. The monoisotopic (exact) mass is 534 g/mol. The Morgan fingerprint density at radius 1 is 0.947 bits per heavy atom. The van der Waals surface area contributed by atoms with Gasteiger partial charge in [0.05, 0.1) is 10.6 Å². The summed E-state index contributed by atoms with van der Waals surface area (Å²) in [6.45, 7) is 9.10. The Balaban J connectivity index is 1.68. The number of anilines is 1. The first-order valence-corrected chi connectivity index (χ1v) is 14.8. The fourth-order valence-corrected chi connectivity index (χ4v) is 6.36. The number of piperidine rings is 1. The van der Waals surface area contributed by atoms with Crippen molar-refractivity contribution >= 4 is 21.8 Å². The van der Waals surface area contributed by atoms with E-state index in [0.717, 1.165) is 23.1 Å². The molecule has 0 N–H and O–H groups in total. The van der Waals surface area contributed by atoms with Gasteiger partial charge in [-0.2, -0.15) is 0 Å². The smallest absolute Gasteiger partial charge is 0.410 e. The zero-order valence-corrected chi connectivity index (χ0v) is 23.6. The lowest BCUT2D eigenvalue weighted by Crippen LogP contribution is -2.44. The quantitative estimate of drug-likeness (QED) is 0.336. The topological polar surface area (TPSA) is 66.9 Å². The van der Waals surface area contributed by atoms with Gasteiger partial charge in [0.2, 0.25) is 0 Å². The molecule has 0 aliphatic carbocycles. The lowest BCUT2D eigenvalue weighted by molar-refractivity contribution is 0.0187. The number of hydrogen-bond donors (Lipinski definition) is 0. The predicted molar refractivity (Wildman–Crippen MR) is 153 cm³/mol. The molecule has 1 aliphatic rings. The van der Waals surface area contributed by atoms with Gasteiger partial charge in [-0.25, -0.2) is 13.2 Å². The maximum Gasteiger partial charge on any atom is 0.410 e. The van der Waals surface area contributed by atoms with Gasteiger partial charge >= 0.3 is 6.09 Å². The zero-order valence-electron chi connectivity index (χ0n) is 22.8. The third-order valence-electron chi connectivity index (χ3n) is 6.84. The second kappa shape index (κ2) is 11.6. The molecule has 0 unspecified atom stereocenters. The Morgan fingerprint density at radius 2 is 1.55 bits per heavy atom. The van der Waals surface area contributed by atoms with Crippen molar-refractivity contribution in [3.05, 3.63) is 84.4 Å². The van der Waals surface area contributed by atoms with Gasteiger partial charge in [-0.3, -0.25) is 4.31 Å². The van der Waals surface area contributed by atoms with Crippen molar-refractivity contribution in [2.75, 3.05) is 23.9 Å². The molecule has 4 rings (SSSR count). The van der Waals surface area contributed by atoms with Crippen LogP contribution >= 0.6 is 0 Å². The first kappa shape index (κ1) is 27.7. The maximum atomic E-state index is 14.1. The largest absolute Gasteiger partial charge is 0.444 e. The third kappa shape index (κ3) is 6.57. The van der Waals surface area contributed by atoms with Gasteiger partial charge in [0.15, 0.2) is 0 Å². The van der Waals surface area contributed by atoms with Gasteiger partial charge in [0, 0.05) is 25.2 Å². The van der Waals surface area contributed by atoms with Crippen LogP contribution in [0.4, 0.5) is 10.5 Å². The van der Waals surface area contributed by atoms with Crippen LogP contribution in [-0.4, -0.2) is 44.6 Å². The van der Waals surface area contributed by atoms with Gasteiger partial charge in [-0.15, -0.1) is 0 Å². The molecule has 3 aromatic carbocycles. The van der Waals surface area contributed by atoms with Crippen LogP contribution in [0.1, 0.15) is 46.1 Å². The second-order valence-corrected chi connectivity index (χ2v) is 12.7. The molecule has 1 heterocycles. The van der Waals surface area contributed by atoms with Crippen LogP contribution in [0, 0.1) is 5.92 Å². The number of benzene rings is 3. The van der Waals surface area contributed by atoms with Gasteiger partial charge < -0.3 is 9.64 Å². The number of carbonyl (C=O) groups excluding carboxylic acids is 1. The molecule has 6 nitrogen and oxygen atoms in total. The molecule has 0 spiro atoms. The summed E-state index contributed by atoms with van der Waals surface area (Å²) in [6.07, 6.45) is 1.95. The first-order chi connectivity index (χ1) is 18.1. The van der Waals surface area contributed by atoms with Gasteiger partial charge in [0.1, 0.15) is 5.60 Å². The highest BCUT2D eigenvalue weighted by Crippen LogP contribution is 2.37. The van der Waals surface area contributed by atoms with E-state index >= 15 is 0 Å². The van der Waals surface area contributed by atoms with E-state index in [-0.39, 0.29) is 16.9 Å². The number of rotatable bonds is 7. The molecule has 0 atom stereocenters. The Bertz CT molecular complexity index is 1330. The average molecular weight is 535 g/mol. The molecule has 0 saturated carbocycles. The summed E-state index contributed by atoms with van der Waals surface area (Å²) >= 11 is 0. The van der Waals surface area contributed by atoms with Crippen molar-refractivity contribution in [3.63, 3.8) is 0 Å². The molecule has 38 heavy (non-hydrogen) atoms. The summed E-state index contributed by atoms with van der Waals surface area (Å²) in [5.74, 6) is 0.0987. The number of ether oxygens (including phenoxy) is 1. The molecule has 1 fully saturated rings. The van der Waals surface area contributed by atoms with E-state index in [0.29, 0.717) is 38.2 Å². The van der Waals surface area contributed by atoms with Crippen LogP contribution in [-0.2, 0) is 21.2 Å². The van der Waals surface area contributed by atoms with Crippen LogP contribution in [0.15, 0.2) is 83.8 Å². The van der Waals surface area contributed by atoms with Crippen molar-refractivity contribution in [2.45, 2.75) is 57.5 Å². The lowest BCUT2D eigenvalue weighted by atomic mass is 9.95. The van der Waals surface area contributed by atoms with E-state index in [1.165, 1.54) is 0 Å². The molecule has 1 amide bonds. The predicted octanol–water partition coefficient (Wildman–Crippen LogP) is 6.76. The minimum Gasteiger partial charge on any atom is -0.444 e. The summed E-state index contributed by atoms with van der Waals surface area (Å²) in [5, 5.41) is 0. The molecule has 202 valence electrons. The molecule has 7 heteroatoms. The number of hydrogen-bond acceptors (Lipinski definition) is 4. The molecule has 0 bridgehead atoms. The van der Waals surface area contributed by atoms with Crippen LogP contribution in [0.3, 0.4) is 0 Å². The number of sulfonamides is 1. The van der Waals surface area contributed by atoms with Crippen molar-refractivity contribution in [1.29, 1.82) is 0 Å². The van der Waals surface area contributed by atoms with E-state index in [2.05, 4.69) is 13.0 Å². The number of nitrogens with zero attached hydrogens (tertiary/aromatic N) is 2. The Hall–Kier alpha value is -3.32. The third-order valence-corrected chi connectivity index (χ3v) is 8.64. The minimum absolute atomic E-state index is 0.0987. The highest BCUT2D eigenvalue weighted by atomic mass is 32.2. The van der Waals surface area contributed by atoms with Crippen LogP contribution in [0.5, 0.6) is 0 Å².